The van der Waals surface area contributed by atoms with Gasteiger partial charge in [0.25, 0.3) is 5.91 Å². The van der Waals surface area contributed by atoms with Crippen LogP contribution in [0.4, 0.5) is 11.4 Å². The van der Waals surface area contributed by atoms with E-state index in [1.165, 1.54) is 10.9 Å². The molecule has 0 unspecified atom stereocenters. The number of carbonyl (C=O) groups is 2. The van der Waals surface area contributed by atoms with Crippen molar-refractivity contribution in [1.29, 1.82) is 0 Å². The monoisotopic (exact) mass is 394 g/mol. The number of hydrogen-bond donors (Lipinski definition) is 3. The van der Waals surface area contributed by atoms with Crippen LogP contribution in [0.25, 0.3) is 0 Å². The Bertz CT molecular complexity index is 968. The number of aromatic hydroxyl groups is 1. The molecule has 2 aromatic carbocycles. The molecule has 0 bridgehead atoms. The molecule has 0 spiro atoms. The predicted molar refractivity (Wildman–Crippen MR) is 113 cm³/mol. The van der Waals surface area contributed by atoms with Crippen molar-refractivity contribution >= 4 is 34.5 Å². The van der Waals surface area contributed by atoms with Gasteiger partial charge in [0.1, 0.15) is 5.75 Å². The SMILES string of the molecule is Cc1ccc(O)c(NC(=O)c2cccc(NC(=O)CCCc3cccs3)c2)c1. The third-order valence-corrected chi connectivity index (χ3v) is 5.15. The Balaban J connectivity index is 1.57. The second-order valence-electron chi connectivity index (χ2n) is 6.54. The number of aryl methyl sites for hydroxylation is 2. The summed E-state index contributed by atoms with van der Waals surface area (Å²) < 4.78 is 0. The lowest BCUT2D eigenvalue weighted by atomic mass is 10.1. The molecule has 0 fully saturated rings. The van der Waals surface area contributed by atoms with Gasteiger partial charge in [-0.15, -0.1) is 11.3 Å². The van der Waals surface area contributed by atoms with Gasteiger partial charge in [-0.25, -0.2) is 0 Å². The summed E-state index contributed by atoms with van der Waals surface area (Å²) in [6.45, 7) is 1.88. The van der Waals surface area contributed by atoms with E-state index in [2.05, 4.69) is 16.7 Å². The zero-order valence-electron chi connectivity index (χ0n) is 15.6. The molecule has 3 aromatic rings. The molecule has 144 valence electrons. The van der Waals surface area contributed by atoms with Crippen LogP contribution in [0.1, 0.15) is 33.6 Å². The number of hydrogen-bond acceptors (Lipinski definition) is 4. The molecule has 0 aliphatic carbocycles. The molecular formula is C22H22N2O3S. The van der Waals surface area contributed by atoms with E-state index in [1.54, 1.807) is 47.7 Å². The first-order valence-electron chi connectivity index (χ1n) is 9.04. The first-order valence-corrected chi connectivity index (χ1v) is 9.92. The summed E-state index contributed by atoms with van der Waals surface area (Å²) in [4.78, 5) is 25.9. The predicted octanol–water partition coefficient (Wildman–Crippen LogP) is 4.98. The third kappa shape index (κ3) is 5.44. The summed E-state index contributed by atoms with van der Waals surface area (Å²) in [5.41, 5.74) is 2.25. The van der Waals surface area contributed by atoms with E-state index in [4.69, 9.17) is 0 Å². The van der Waals surface area contributed by atoms with Crippen molar-refractivity contribution in [2.24, 2.45) is 0 Å². The third-order valence-electron chi connectivity index (χ3n) is 4.22. The summed E-state index contributed by atoms with van der Waals surface area (Å²) in [7, 11) is 0. The maximum Gasteiger partial charge on any atom is 0.255 e. The summed E-state index contributed by atoms with van der Waals surface area (Å²) in [5.74, 6) is -0.422. The highest BCUT2D eigenvalue weighted by molar-refractivity contribution is 7.09. The van der Waals surface area contributed by atoms with Crippen molar-refractivity contribution < 1.29 is 14.7 Å². The molecule has 0 radical (unpaired) electrons. The Kier molecular flexibility index (Phi) is 6.45. The van der Waals surface area contributed by atoms with E-state index < -0.39 is 0 Å². The topological polar surface area (TPSA) is 78.4 Å². The number of benzene rings is 2. The smallest absolute Gasteiger partial charge is 0.255 e. The van der Waals surface area contributed by atoms with Crippen LogP contribution in [0.5, 0.6) is 5.75 Å². The van der Waals surface area contributed by atoms with E-state index in [1.807, 2.05) is 18.4 Å². The second-order valence-corrected chi connectivity index (χ2v) is 7.57. The van der Waals surface area contributed by atoms with Crippen molar-refractivity contribution in [3.63, 3.8) is 0 Å². The zero-order chi connectivity index (χ0) is 19.9. The van der Waals surface area contributed by atoms with Gasteiger partial charge in [0.15, 0.2) is 0 Å². The molecule has 6 heteroatoms. The zero-order valence-corrected chi connectivity index (χ0v) is 16.4. The van der Waals surface area contributed by atoms with Gasteiger partial charge < -0.3 is 15.7 Å². The van der Waals surface area contributed by atoms with Gasteiger partial charge in [-0.3, -0.25) is 9.59 Å². The largest absolute Gasteiger partial charge is 0.506 e. The number of amides is 2. The van der Waals surface area contributed by atoms with Crippen LogP contribution < -0.4 is 10.6 Å². The number of rotatable bonds is 7. The average molecular weight is 394 g/mol. The summed E-state index contributed by atoms with van der Waals surface area (Å²) in [5, 5.41) is 17.4. The summed E-state index contributed by atoms with van der Waals surface area (Å²) in [6, 6.07) is 15.8. The molecule has 3 N–H and O–H groups in total. The van der Waals surface area contributed by atoms with E-state index >= 15 is 0 Å². The van der Waals surface area contributed by atoms with Crippen LogP contribution in [0.3, 0.4) is 0 Å². The molecule has 1 heterocycles. The average Bonchev–Trinajstić information content (AvgIpc) is 3.18. The highest BCUT2D eigenvalue weighted by Crippen LogP contribution is 2.24. The summed E-state index contributed by atoms with van der Waals surface area (Å²) >= 11 is 1.69. The number of carbonyl (C=O) groups excluding carboxylic acids is 2. The van der Waals surface area contributed by atoms with E-state index in [9.17, 15) is 14.7 Å². The standard InChI is InChI=1S/C22H22N2O3S/c1-15-10-11-20(25)19(13-15)24-22(27)16-5-2-6-17(14-16)23-21(26)9-3-7-18-8-4-12-28-18/h2,4-6,8,10-14,25H,3,7,9H2,1H3,(H,23,26)(H,24,27). The number of nitrogens with one attached hydrogen (secondary N) is 2. The molecule has 2 amide bonds. The quantitative estimate of drug-likeness (QED) is 0.495. The van der Waals surface area contributed by atoms with Crippen LogP contribution in [-0.2, 0) is 11.2 Å². The van der Waals surface area contributed by atoms with Gasteiger partial charge in [-0.05, 0) is 67.1 Å². The van der Waals surface area contributed by atoms with Gasteiger partial charge in [0.05, 0.1) is 5.69 Å². The molecule has 0 atom stereocenters. The Hall–Kier alpha value is -3.12. The lowest BCUT2D eigenvalue weighted by Crippen LogP contribution is -2.14. The van der Waals surface area contributed by atoms with Crippen LogP contribution in [0, 0.1) is 6.92 Å². The first-order chi connectivity index (χ1) is 13.5. The number of phenolic OH excluding ortho intramolecular Hbond substituents is 1. The fourth-order valence-corrected chi connectivity index (χ4v) is 3.54. The normalized spacial score (nSPS) is 10.5. The fraction of sp³-hybridized carbons (Fsp3) is 0.182. The van der Waals surface area contributed by atoms with Crippen LogP contribution in [0.15, 0.2) is 60.0 Å². The van der Waals surface area contributed by atoms with Gasteiger partial charge in [0.2, 0.25) is 5.91 Å². The highest BCUT2D eigenvalue weighted by atomic mass is 32.1. The fourth-order valence-electron chi connectivity index (χ4n) is 2.78. The number of anilines is 2. The molecule has 0 aliphatic rings. The molecule has 5 nitrogen and oxygen atoms in total. The Morgan fingerprint density at radius 2 is 1.89 bits per heavy atom. The lowest BCUT2D eigenvalue weighted by molar-refractivity contribution is -0.116. The maximum atomic E-state index is 12.5. The van der Waals surface area contributed by atoms with E-state index in [-0.39, 0.29) is 17.6 Å². The minimum Gasteiger partial charge on any atom is -0.506 e. The van der Waals surface area contributed by atoms with Crippen molar-refractivity contribution in [1.82, 2.24) is 0 Å². The maximum absolute atomic E-state index is 12.5. The molecule has 0 saturated heterocycles. The molecule has 28 heavy (non-hydrogen) atoms. The van der Waals surface area contributed by atoms with Crippen LogP contribution in [0.2, 0.25) is 0 Å². The minimum absolute atomic E-state index is 0.00847. The van der Waals surface area contributed by atoms with Gasteiger partial charge in [-0.2, -0.15) is 0 Å². The van der Waals surface area contributed by atoms with E-state index in [0.717, 1.165) is 18.4 Å². The second kappa shape index (κ2) is 9.19. The number of thiophene rings is 1. The molecule has 0 aliphatic heterocycles. The van der Waals surface area contributed by atoms with Crippen molar-refractivity contribution in [3.05, 3.63) is 76.0 Å². The van der Waals surface area contributed by atoms with Gasteiger partial charge >= 0.3 is 0 Å². The van der Waals surface area contributed by atoms with Crippen molar-refractivity contribution in [3.8, 4) is 5.75 Å². The highest BCUT2D eigenvalue weighted by Gasteiger charge is 2.11. The first kappa shape index (κ1) is 19.6. The number of phenols is 1. The molecule has 3 rings (SSSR count). The van der Waals surface area contributed by atoms with Gasteiger partial charge in [-0.1, -0.05) is 18.2 Å². The van der Waals surface area contributed by atoms with Crippen LogP contribution >= 0.6 is 11.3 Å². The Morgan fingerprint density at radius 1 is 1.04 bits per heavy atom. The summed E-state index contributed by atoms with van der Waals surface area (Å²) in [6.07, 6.45) is 2.08. The van der Waals surface area contributed by atoms with Crippen molar-refractivity contribution in [2.75, 3.05) is 10.6 Å². The molecule has 0 saturated carbocycles. The Labute approximate surface area is 168 Å². The Morgan fingerprint density at radius 3 is 2.68 bits per heavy atom. The lowest BCUT2D eigenvalue weighted by Gasteiger charge is -2.10. The van der Waals surface area contributed by atoms with Gasteiger partial charge in [0, 0.05) is 22.5 Å². The van der Waals surface area contributed by atoms with E-state index in [0.29, 0.717) is 23.4 Å². The minimum atomic E-state index is -0.352. The molecular weight excluding hydrogens is 372 g/mol. The van der Waals surface area contributed by atoms with Crippen molar-refractivity contribution in [2.45, 2.75) is 26.2 Å². The van der Waals surface area contributed by atoms with Crippen LogP contribution in [-0.4, -0.2) is 16.9 Å². The molecule has 1 aromatic heterocycles.